The lowest BCUT2D eigenvalue weighted by Crippen LogP contribution is -2.48. The number of carbonyl (C=O) groups is 3. The molecule has 1 fully saturated rings. The Labute approximate surface area is 450 Å². The van der Waals surface area contributed by atoms with Crippen molar-refractivity contribution in [2.75, 3.05) is 76.1 Å². The number of benzene rings is 3. The van der Waals surface area contributed by atoms with Crippen LogP contribution in [0.3, 0.4) is 0 Å². The summed E-state index contributed by atoms with van der Waals surface area (Å²) in [7, 11) is -4.02. The van der Waals surface area contributed by atoms with Crippen LogP contribution in [0.2, 0.25) is 0 Å². The van der Waals surface area contributed by atoms with Crippen LogP contribution < -0.4 is 4.90 Å². The van der Waals surface area contributed by atoms with E-state index in [9.17, 15) is 37.6 Å². The highest BCUT2D eigenvalue weighted by Crippen LogP contribution is 2.48. The Balaban J connectivity index is 0.981. The third kappa shape index (κ3) is 15.0. The van der Waals surface area contributed by atoms with Crippen molar-refractivity contribution in [1.82, 2.24) is 14.7 Å². The van der Waals surface area contributed by atoms with E-state index in [0.29, 0.717) is 64.8 Å². The number of carbonyl (C=O) groups excluding carboxylic acids is 1. The summed E-state index contributed by atoms with van der Waals surface area (Å²) in [6, 6.07) is 24.8. The van der Waals surface area contributed by atoms with Gasteiger partial charge < -0.3 is 20.0 Å². The molecule has 4 aliphatic rings. The predicted octanol–water partition coefficient (Wildman–Crippen LogP) is 9.96. The summed E-state index contributed by atoms with van der Waals surface area (Å²) in [6.07, 6.45) is 16.6. The molecule has 0 aromatic heterocycles. The number of anilines is 1. The van der Waals surface area contributed by atoms with Crippen LogP contribution in [-0.4, -0.2) is 143 Å². The van der Waals surface area contributed by atoms with Gasteiger partial charge in [0.15, 0.2) is 5.71 Å². The Morgan fingerprint density at radius 1 is 0.760 bits per heavy atom. The Morgan fingerprint density at radius 3 is 2.16 bits per heavy atom. The van der Waals surface area contributed by atoms with E-state index in [2.05, 4.69) is 116 Å². The molecular weight excluding hydrogens is 986 g/mol. The second kappa shape index (κ2) is 25.7. The van der Waals surface area contributed by atoms with Crippen LogP contribution in [0.25, 0.3) is 0 Å². The van der Waals surface area contributed by atoms with Gasteiger partial charge in [-0.15, -0.1) is 0 Å². The Hall–Kier alpha value is -5.22. The van der Waals surface area contributed by atoms with E-state index < -0.39 is 22.1 Å². The normalized spacial score (nSPS) is 20.7. The van der Waals surface area contributed by atoms with Crippen LogP contribution in [-0.2, 0) is 48.2 Å². The van der Waals surface area contributed by atoms with Gasteiger partial charge in [-0.2, -0.15) is 13.0 Å². The average molecular weight is 1070 g/mol. The lowest BCUT2D eigenvalue weighted by Gasteiger charge is -2.33. The van der Waals surface area contributed by atoms with E-state index in [1.165, 1.54) is 22.5 Å². The zero-order valence-electron chi connectivity index (χ0n) is 44.8. The second-order valence-corrected chi connectivity index (χ2v) is 23.8. The van der Waals surface area contributed by atoms with E-state index in [4.69, 9.17) is 11.6 Å². The quantitative estimate of drug-likeness (QED) is 0.0469. The first kappa shape index (κ1) is 57.5. The maximum absolute atomic E-state index is 13.3. The summed E-state index contributed by atoms with van der Waals surface area (Å²) < 4.78 is 34.7. The molecule has 1 unspecified atom stereocenters. The average Bonchev–Trinajstić information content (AvgIpc) is 3.76. The van der Waals surface area contributed by atoms with Gasteiger partial charge in [-0.05, 0) is 112 Å². The fraction of sp³-hybridized carbons (Fsp3) is 0.500. The molecule has 3 N–H and O–H groups in total. The lowest BCUT2D eigenvalue weighted by atomic mass is 9.81. The van der Waals surface area contributed by atoms with Gasteiger partial charge in [-0.25, -0.2) is 0 Å². The van der Waals surface area contributed by atoms with E-state index in [1.54, 1.807) is 0 Å². The zero-order valence-corrected chi connectivity index (χ0v) is 46.3. The first-order valence-corrected chi connectivity index (χ1v) is 29.0. The highest BCUT2D eigenvalue weighted by molar-refractivity contribution is 7.85. The van der Waals surface area contributed by atoms with Crippen molar-refractivity contribution in [3.8, 4) is 0 Å². The number of hydrogen-bond acceptors (Lipinski definition) is 9. The smallest absolute Gasteiger partial charge is 0.317 e. The van der Waals surface area contributed by atoms with Crippen molar-refractivity contribution >= 4 is 56.5 Å². The first-order chi connectivity index (χ1) is 35.7. The summed E-state index contributed by atoms with van der Waals surface area (Å²) in [5.74, 6) is -1.86. The van der Waals surface area contributed by atoms with E-state index in [0.717, 1.165) is 96.8 Å². The predicted molar refractivity (Wildman–Crippen MR) is 300 cm³/mol. The Bertz CT molecular complexity index is 2810. The summed E-state index contributed by atoms with van der Waals surface area (Å²) in [6.45, 7) is 16.2. The van der Waals surface area contributed by atoms with Crippen LogP contribution in [0, 0.1) is 0 Å². The number of hydrogen-bond donors (Lipinski definition) is 3. The SMILES string of the molecule is CCN1CCN(CC(=O)O)CC(Cc2ccc(CC(=O)CCCCC[N+]3=C(C=CC4=C(Cl)C(=CC=C5N(CCCCS(=O)(=O)O)c6ccccc6C5(C)C)CCC4)C(C)(C)c4ccccc43)cc2)N(CC(=O)O)CC1. The third-order valence-electron chi connectivity index (χ3n) is 15.8. The standard InChI is InChI=1S/C60H78ClN5O8S/c1-6-62-34-35-63(42-56(68)69)41-48(64(37-36-62)43-57(70)71)39-44-24-26-45(27-25-44)40-49(67)19-8-7-13-32-65-52-22-11-9-20-50(52)59(2,3)54(65)30-28-46-17-16-18-47(58(46)61)29-31-55-60(4,5)51-21-10-12-23-53(51)66(55)33-14-15-38-75(72,73)74/h9-12,20-31,48H,6-8,13-19,32-43H2,1-5H3,(H2-,68,69,70,71,72,73,74)/p+1. The number of carboxylic acid groups (broad SMARTS) is 2. The molecule has 3 aromatic carbocycles. The van der Waals surface area contributed by atoms with Crippen molar-refractivity contribution in [2.45, 2.75) is 122 Å². The minimum absolute atomic E-state index is 0.0981. The molecule has 75 heavy (non-hydrogen) atoms. The molecule has 1 saturated heterocycles. The molecule has 3 heterocycles. The summed E-state index contributed by atoms with van der Waals surface area (Å²) in [4.78, 5) is 45.4. The van der Waals surface area contributed by atoms with E-state index in [-0.39, 0.29) is 41.5 Å². The van der Waals surface area contributed by atoms with Crippen molar-refractivity contribution in [2.24, 2.45) is 0 Å². The number of allylic oxidation sites excluding steroid dienone is 8. The van der Waals surface area contributed by atoms with Crippen LogP contribution in [0.5, 0.6) is 0 Å². The van der Waals surface area contributed by atoms with Gasteiger partial charge in [-0.1, -0.05) is 105 Å². The topological polar surface area (TPSA) is 162 Å². The number of Topliss-reactive ketones (excluding diaryl/α,β-unsaturated/α-hetero) is 1. The molecule has 0 bridgehead atoms. The molecule has 404 valence electrons. The molecule has 0 radical (unpaired) electrons. The number of rotatable bonds is 23. The molecule has 3 aromatic rings. The monoisotopic (exact) mass is 1060 g/mol. The maximum Gasteiger partial charge on any atom is 0.317 e. The molecule has 1 aliphatic carbocycles. The fourth-order valence-corrected chi connectivity index (χ4v) is 12.5. The summed E-state index contributed by atoms with van der Waals surface area (Å²) in [5, 5.41) is 20.2. The van der Waals surface area contributed by atoms with Gasteiger partial charge in [0.2, 0.25) is 5.69 Å². The van der Waals surface area contributed by atoms with Crippen molar-refractivity contribution < 1.29 is 42.1 Å². The first-order valence-electron chi connectivity index (χ1n) is 27.0. The van der Waals surface area contributed by atoms with Gasteiger partial charge >= 0.3 is 11.9 Å². The van der Waals surface area contributed by atoms with Gasteiger partial charge in [0.1, 0.15) is 12.3 Å². The number of fused-ring (bicyclic) bond motifs is 2. The number of halogens is 1. The van der Waals surface area contributed by atoms with Crippen LogP contribution >= 0.6 is 11.6 Å². The Morgan fingerprint density at radius 2 is 1.44 bits per heavy atom. The number of aliphatic carboxylic acids is 2. The van der Waals surface area contributed by atoms with Gasteiger partial charge in [0.25, 0.3) is 10.1 Å². The van der Waals surface area contributed by atoms with Crippen molar-refractivity contribution in [3.05, 3.63) is 141 Å². The highest BCUT2D eigenvalue weighted by Gasteiger charge is 2.44. The van der Waals surface area contributed by atoms with Gasteiger partial charge in [0, 0.05) is 104 Å². The molecule has 7 rings (SSSR count). The molecule has 1 atom stereocenters. The minimum atomic E-state index is -4.02. The molecule has 0 spiro atoms. The summed E-state index contributed by atoms with van der Waals surface area (Å²) >= 11 is 7.30. The molecule has 13 nitrogen and oxygen atoms in total. The largest absolute Gasteiger partial charge is 0.480 e. The number of nitrogens with zero attached hydrogens (tertiary/aromatic N) is 5. The molecule has 0 amide bonds. The fourth-order valence-electron chi connectivity index (χ4n) is 11.6. The maximum atomic E-state index is 13.3. The number of ketones is 1. The molecular formula is C60H79ClN5O8S+. The molecule has 0 saturated carbocycles. The third-order valence-corrected chi connectivity index (χ3v) is 17.1. The van der Waals surface area contributed by atoms with Crippen LogP contribution in [0.15, 0.2) is 119 Å². The molecule has 3 aliphatic heterocycles. The highest BCUT2D eigenvalue weighted by atomic mass is 35.5. The van der Waals surface area contributed by atoms with E-state index in [1.807, 2.05) is 40.1 Å². The Kier molecular flexibility index (Phi) is 19.7. The van der Waals surface area contributed by atoms with Crippen molar-refractivity contribution in [1.29, 1.82) is 0 Å². The second-order valence-electron chi connectivity index (χ2n) is 21.9. The van der Waals surface area contributed by atoms with Crippen LogP contribution in [0.1, 0.15) is 115 Å². The van der Waals surface area contributed by atoms with Gasteiger partial charge in [-0.3, -0.25) is 28.7 Å². The van der Waals surface area contributed by atoms with Crippen molar-refractivity contribution in [3.63, 3.8) is 0 Å². The number of para-hydroxylation sites is 2. The summed E-state index contributed by atoms with van der Waals surface area (Å²) in [5.41, 5.74) is 10.8. The van der Waals surface area contributed by atoms with Gasteiger partial charge in [0.05, 0.1) is 24.3 Å². The zero-order chi connectivity index (χ0) is 53.9. The number of unbranched alkanes of at least 4 members (excludes halogenated alkanes) is 3. The lowest BCUT2D eigenvalue weighted by molar-refractivity contribution is -0.438. The number of likely N-dealkylation sites (N-methyl/N-ethyl adjacent to an activating group) is 1. The van der Waals surface area contributed by atoms with Crippen LogP contribution in [0.4, 0.5) is 11.4 Å². The molecule has 15 heteroatoms. The van der Waals surface area contributed by atoms with E-state index >= 15 is 0 Å². The number of carboxylic acids is 2. The minimum Gasteiger partial charge on any atom is -0.480 e.